The Morgan fingerprint density at radius 2 is 0.511 bits per heavy atom. The van der Waals surface area contributed by atoms with Crippen LogP contribution in [0, 0.1) is 0 Å². The molecule has 0 saturated heterocycles. The van der Waals surface area contributed by atoms with Crippen molar-refractivity contribution >= 4 is 11.9 Å². The monoisotopic (exact) mass is 1300 g/mol. The van der Waals surface area contributed by atoms with E-state index in [1.165, 1.54) is 430 Å². The highest BCUT2D eigenvalue weighted by molar-refractivity contribution is 5.76. The Labute approximate surface area is 578 Å². The molecule has 0 aromatic heterocycles. The van der Waals surface area contributed by atoms with Crippen molar-refractivity contribution in [2.75, 3.05) is 13.2 Å². The van der Waals surface area contributed by atoms with E-state index in [1.807, 2.05) is 0 Å². The summed E-state index contributed by atoms with van der Waals surface area (Å²) >= 11 is 0. The smallest absolute Gasteiger partial charge is 0.305 e. The van der Waals surface area contributed by atoms with Crippen molar-refractivity contribution in [3.05, 3.63) is 12.2 Å². The van der Waals surface area contributed by atoms with Crippen LogP contribution in [-0.4, -0.2) is 47.4 Å². The molecule has 0 aliphatic rings. The number of unbranched alkanes of at least 4 members (excludes halogenated alkanes) is 69. The van der Waals surface area contributed by atoms with E-state index in [9.17, 15) is 19.8 Å². The fourth-order valence-electron chi connectivity index (χ4n) is 14.1. The highest BCUT2D eigenvalue weighted by Crippen LogP contribution is 2.21. The van der Waals surface area contributed by atoms with Crippen molar-refractivity contribution in [1.29, 1.82) is 0 Å². The maximum absolute atomic E-state index is 12.6. The van der Waals surface area contributed by atoms with Gasteiger partial charge in [-0.1, -0.05) is 450 Å². The zero-order valence-corrected chi connectivity index (χ0v) is 63.1. The van der Waals surface area contributed by atoms with E-state index in [4.69, 9.17) is 4.74 Å². The first-order valence-electron chi connectivity index (χ1n) is 42.9. The SMILES string of the molecule is CCCCCCCC/C=C\CCCCCCCCCCCC(=O)OCCCCCCCCCCCCCCCCCCCCCCCCCCCCCCCCCCC(=O)NC(CO)C(O)CCCCCCCCCCCCCCCCCCCCCCCCCC. The molecule has 0 aromatic carbocycles. The van der Waals surface area contributed by atoms with Gasteiger partial charge in [0.1, 0.15) is 0 Å². The summed E-state index contributed by atoms with van der Waals surface area (Å²) in [4.78, 5) is 24.7. The molecule has 0 radical (unpaired) electrons. The number of hydrogen-bond donors (Lipinski definition) is 3. The van der Waals surface area contributed by atoms with E-state index in [0.717, 1.165) is 38.5 Å². The predicted octanol–water partition coefficient (Wildman–Crippen LogP) is 28.6. The Morgan fingerprint density at radius 1 is 0.293 bits per heavy atom. The number of aliphatic hydroxyl groups is 2. The van der Waals surface area contributed by atoms with Gasteiger partial charge < -0.3 is 20.3 Å². The van der Waals surface area contributed by atoms with Gasteiger partial charge in [-0.05, 0) is 51.4 Å². The molecular weight excluding hydrogens is 1130 g/mol. The van der Waals surface area contributed by atoms with Crippen LogP contribution in [0.3, 0.4) is 0 Å². The minimum atomic E-state index is -0.662. The average molecular weight is 1300 g/mol. The molecule has 3 N–H and O–H groups in total. The number of carbonyl (C=O) groups excluding carboxylic acids is 2. The number of ether oxygens (including phenoxy) is 1. The first-order chi connectivity index (χ1) is 45.5. The second kappa shape index (κ2) is 82.0. The molecule has 0 spiro atoms. The van der Waals surface area contributed by atoms with Gasteiger partial charge in [0.05, 0.1) is 25.4 Å². The van der Waals surface area contributed by atoms with Crippen molar-refractivity contribution in [3.63, 3.8) is 0 Å². The standard InChI is InChI=1S/C86H169NO5/c1-3-5-7-9-11-13-15-17-19-21-23-24-25-36-39-43-46-50-54-58-62-66-70-74-78-84(89)83(82-88)87-85(90)79-75-71-67-63-59-55-51-47-44-40-37-34-32-30-28-26-27-29-31-33-35-38-41-45-49-53-57-61-65-69-73-77-81-92-86(91)80-76-72-68-64-60-56-52-48-42-22-20-18-16-14-12-10-8-6-4-2/h18,20,83-84,88-89H,3-17,19,21-82H2,1-2H3,(H,87,90)/b20-18-. The number of hydrogen-bond acceptors (Lipinski definition) is 5. The number of carbonyl (C=O) groups is 2. The average Bonchev–Trinajstić information content (AvgIpc) is 3.68. The summed E-state index contributed by atoms with van der Waals surface area (Å²) in [6.07, 6.45) is 105. The van der Waals surface area contributed by atoms with Crippen LogP contribution in [0.4, 0.5) is 0 Å². The fourth-order valence-corrected chi connectivity index (χ4v) is 14.1. The molecular formula is C86H169NO5. The molecule has 0 aliphatic carbocycles. The summed E-state index contributed by atoms with van der Waals surface area (Å²) < 4.78 is 5.52. The summed E-state index contributed by atoms with van der Waals surface area (Å²) in [5, 5.41) is 23.5. The van der Waals surface area contributed by atoms with E-state index in [1.54, 1.807) is 0 Å². The third-order valence-electron chi connectivity index (χ3n) is 20.6. The van der Waals surface area contributed by atoms with Crippen molar-refractivity contribution < 1.29 is 24.5 Å². The molecule has 0 heterocycles. The second-order valence-corrected chi connectivity index (χ2v) is 29.9. The van der Waals surface area contributed by atoms with Crippen LogP contribution in [0.1, 0.15) is 502 Å². The van der Waals surface area contributed by atoms with E-state index < -0.39 is 12.1 Å². The van der Waals surface area contributed by atoms with E-state index in [-0.39, 0.29) is 18.5 Å². The number of aliphatic hydroxyl groups excluding tert-OH is 2. The summed E-state index contributed by atoms with van der Waals surface area (Å²) in [5.41, 5.74) is 0. The van der Waals surface area contributed by atoms with Crippen LogP contribution in [0.2, 0.25) is 0 Å². The quantitative estimate of drug-likeness (QED) is 0.0320. The van der Waals surface area contributed by atoms with Crippen LogP contribution < -0.4 is 5.32 Å². The van der Waals surface area contributed by atoms with Crippen LogP contribution in [0.25, 0.3) is 0 Å². The number of allylic oxidation sites excluding steroid dienone is 2. The molecule has 1 amide bonds. The van der Waals surface area contributed by atoms with Gasteiger partial charge in [0, 0.05) is 12.8 Å². The Morgan fingerprint density at radius 3 is 0.772 bits per heavy atom. The number of nitrogens with one attached hydrogen (secondary N) is 1. The fraction of sp³-hybridized carbons (Fsp3) is 0.953. The van der Waals surface area contributed by atoms with Gasteiger partial charge in [0.25, 0.3) is 0 Å². The summed E-state index contributed by atoms with van der Waals surface area (Å²) in [5.74, 6) is -0.00139. The number of amides is 1. The van der Waals surface area contributed by atoms with Gasteiger partial charge in [-0.3, -0.25) is 9.59 Å². The first-order valence-corrected chi connectivity index (χ1v) is 42.9. The Kier molecular flexibility index (Phi) is 80.8. The molecule has 0 fully saturated rings. The zero-order valence-electron chi connectivity index (χ0n) is 63.1. The van der Waals surface area contributed by atoms with Gasteiger partial charge in [0.2, 0.25) is 5.91 Å². The molecule has 0 saturated carbocycles. The van der Waals surface area contributed by atoms with Crippen LogP contribution in [0.15, 0.2) is 12.2 Å². The van der Waals surface area contributed by atoms with Gasteiger partial charge in [0.15, 0.2) is 0 Å². The van der Waals surface area contributed by atoms with E-state index in [0.29, 0.717) is 25.9 Å². The van der Waals surface area contributed by atoms with Gasteiger partial charge in [-0.25, -0.2) is 0 Å². The Hall–Kier alpha value is -1.40. The van der Waals surface area contributed by atoms with Gasteiger partial charge in [-0.2, -0.15) is 0 Å². The molecule has 0 aliphatic heterocycles. The summed E-state index contributed by atoms with van der Waals surface area (Å²) in [7, 11) is 0. The summed E-state index contributed by atoms with van der Waals surface area (Å²) in [6, 6.07) is -0.539. The molecule has 92 heavy (non-hydrogen) atoms. The minimum absolute atomic E-state index is 0.0224. The van der Waals surface area contributed by atoms with Crippen LogP contribution in [-0.2, 0) is 14.3 Å². The predicted molar refractivity (Wildman–Crippen MR) is 407 cm³/mol. The zero-order chi connectivity index (χ0) is 66.3. The molecule has 548 valence electrons. The van der Waals surface area contributed by atoms with Gasteiger partial charge in [-0.15, -0.1) is 0 Å². The third-order valence-corrected chi connectivity index (χ3v) is 20.6. The lowest BCUT2D eigenvalue weighted by molar-refractivity contribution is -0.143. The van der Waals surface area contributed by atoms with Crippen molar-refractivity contribution in [3.8, 4) is 0 Å². The van der Waals surface area contributed by atoms with Crippen LogP contribution in [0.5, 0.6) is 0 Å². The molecule has 6 nitrogen and oxygen atoms in total. The first kappa shape index (κ1) is 90.6. The largest absolute Gasteiger partial charge is 0.466 e. The van der Waals surface area contributed by atoms with Crippen molar-refractivity contribution in [2.24, 2.45) is 0 Å². The van der Waals surface area contributed by atoms with E-state index >= 15 is 0 Å². The second-order valence-electron chi connectivity index (χ2n) is 29.9. The van der Waals surface area contributed by atoms with E-state index in [2.05, 4.69) is 31.3 Å². The topological polar surface area (TPSA) is 95.9 Å². The van der Waals surface area contributed by atoms with Crippen molar-refractivity contribution in [2.45, 2.75) is 514 Å². The lowest BCUT2D eigenvalue weighted by Crippen LogP contribution is -2.45. The lowest BCUT2D eigenvalue weighted by atomic mass is 10.0. The normalized spacial score (nSPS) is 12.4. The maximum Gasteiger partial charge on any atom is 0.305 e. The lowest BCUT2D eigenvalue weighted by Gasteiger charge is -2.22. The molecule has 0 rings (SSSR count). The molecule has 2 unspecified atom stereocenters. The van der Waals surface area contributed by atoms with Crippen molar-refractivity contribution in [1.82, 2.24) is 5.32 Å². The highest BCUT2D eigenvalue weighted by atomic mass is 16.5. The van der Waals surface area contributed by atoms with Crippen LogP contribution >= 0.6 is 0 Å². The molecule has 0 aromatic rings. The number of esters is 1. The molecule has 6 heteroatoms. The molecule has 2 atom stereocenters. The maximum atomic E-state index is 12.6. The Balaban J connectivity index is 3.31. The van der Waals surface area contributed by atoms with Gasteiger partial charge >= 0.3 is 5.97 Å². The third kappa shape index (κ3) is 77.6. The molecule has 0 bridgehead atoms. The highest BCUT2D eigenvalue weighted by Gasteiger charge is 2.20. The summed E-state index contributed by atoms with van der Waals surface area (Å²) in [6.45, 7) is 5.02. The minimum Gasteiger partial charge on any atom is -0.466 e. The number of rotatable bonds is 82. The Bertz CT molecular complexity index is 1400.